The van der Waals surface area contributed by atoms with Gasteiger partial charge in [0.05, 0.1) is 23.8 Å². The van der Waals surface area contributed by atoms with E-state index in [2.05, 4.69) is 20.0 Å². The highest BCUT2D eigenvalue weighted by atomic mass is 32.2. The number of hydrogen-bond acceptors (Lipinski definition) is 5. The molecule has 0 bridgehead atoms. The second-order valence-corrected chi connectivity index (χ2v) is 6.31. The van der Waals surface area contributed by atoms with E-state index in [-0.39, 0.29) is 5.75 Å². The molecule has 0 aliphatic heterocycles. The van der Waals surface area contributed by atoms with E-state index < -0.39 is 10.0 Å². The molecule has 1 aromatic carbocycles. The average molecular weight is 306 g/mol. The fourth-order valence-electron chi connectivity index (χ4n) is 1.81. The summed E-state index contributed by atoms with van der Waals surface area (Å²) in [6.45, 7) is 3.72. The summed E-state index contributed by atoms with van der Waals surface area (Å²) in [5.41, 5.74) is 2.23. The average Bonchev–Trinajstić information content (AvgIpc) is 2.47. The molecule has 21 heavy (non-hydrogen) atoms. The second kappa shape index (κ2) is 7.14. The predicted octanol–water partition coefficient (Wildman–Crippen LogP) is 1.53. The summed E-state index contributed by atoms with van der Waals surface area (Å²) < 4.78 is 26.5. The Balaban J connectivity index is 2.00. The van der Waals surface area contributed by atoms with Crippen molar-refractivity contribution in [3.63, 3.8) is 0 Å². The third kappa shape index (κ3) is 5.13. The van der Waals surface area contributed by atoms with Crippen LogP contribution in [0.5, 0.6) is 0 Å². The van der Waals surface area contributed by atoms with E-state index in [1.54, 1.807) is 0 Å². The maximum atomic E-state index is 12.0. The summed E-state index contributed by atoms with van der Waals surface area (Å²) in [5, 5.41) is 3.22. The van der Waals surface area contributed by atoms with Crippen LogP contribution in [-0.4, -0.2) is 24.9 Å². The Hall–Kier alpha value is -1.99. The number of rotatable bonds is 7. The van der Waals surface area contributed by atoms with Gasteiger partial charge in [0.15, 0.2) is 0 Å². The third-order valence-corrected chi connectivity index (χ3v) is 4.05. The zero-order valence-electron chi connectivity index (χ0n) is 11.8. The standard InChI is InChI=1S/C14H18N4O2S/c1-2-15-7-12-3-5-13(6-4-12)10-21(19,20)18-14-8-16-11-17-9-14/h3-6,8-9,11,15,18H,2,7,10H2,1H3. The van der Waals surface area contributed by atoms with Crippen molar-refractivity contribution >= 4 is 15.7 Å². The van der Waals surface area contributed by atoms with Crippen molar-refractivity contribution in [2.75, 3.05) is 11.3 Å². The summed E-state index contributed by atoms with van der Waals surface area (Å²) in [4.78, 5) is 7.54. The van der Waals surface area contributed by atoms with Gasteiger partial charge in [-0.25, -0.2) is 18.4 Å². The summed E-state index contributed by atoms with van der Waals surface area (Å²) >= 11 is 0. The zero-order chi connectivity index (χ0) is 15.1. The van der Waals surface area contributed by atoms with Crippen molar-refractivity contribution in [2.45, 2.75) is 19.2 Å². The Labute approximate surface area is 124 Å². The molecule has 0 saturated heterocycles. The topological polar surface area (TPSA) is 84.0 Å². The van der Waals surface area contributed by atoms with Gasteiger partial charge in [0.2, 0.25) is 10.0 Å². The highest BCUT2D eigenvalue weighted by Crippen LogP contribution is 2.11. The molecule has 1 aromatic heterocycles. The van der Waals surface area contributed by atoms with Crippen LogP contribution in [0.2, 0.25) is 0 Å². The normalized spacial score (nSPS) is 11.3. The lowest BCUT2D eigenvalue weighted by atomic mass is 10.1. The van der Waals surface area contributed by atoms with Gasteiger partial charge in [-0.3, -0.25) is 4.72 Å². The van der Waals surface area contributed by atoms with E-state index in [1.807, 2.05) is 31.2 Å². The largest absolute Gasteiger partial charge is 0.313 e. The minimum absolute atomic E-state index is 0.0800. The number of sulfonamides is 1. The fraction of sp³-hybridized carbons (Fsp3) is 0.286. The lowest BCUT2D eigenvalue weighted by Crippen LogP contribution is -2.15. The Morgan fingerprint density at radius 2 is 1.67 bits per heavy atom. The van der Waals surface area contributed by atoms with Crippen molar-refractivity contribution in [3.8, 4) is 0 Å². The predicted molar refractivity (Wildman–Crippen MR) is 82.1 cm³/mol. The lowest BCUT2D eigenvalue weighted by Gasteiger charge is -2.08. The van der Waals surface area contributed by atoms with E-state index in [9.17, 15) is 8.42 Å². The number of hydrogen-bond donors (Lipinski definition) is 2. The van der Waals surface area contributed by atoms with Crippen molar-refractivity contribution in [3.05, 3.63) is 54.1 Å². The van der Waals surface area contributed by atoms with Crippen LogP contribution >= 0.6 is 0 Å². The lowest BCUT2D eigenvalue weighted by molar-refractivity contribution is 0.600. The van der Waals surface area contributed by atoms with Crippen LogP contribution < -0.4 is 10.0 Å². The first-order valence-corrected chi connectivity index (χ1v) is 8.28. The van der Waals surface area contributed by atoms with E-state index in [0.717, 1.165) is 24.2 Å². The SMILES string of the molecule is CCNCc1ccc(CS(=O)(=O)Nc2cncnc2)cc1. The summed E-state index contributed by atoms with van der Waals surface area (Å²) in [6, 6.07) is 7.51. The van der Waals surface area contributed by atoms with Crippen LogP contribution in [-0.2, 0) is 22.3 Å². The molecular weight excluding hydrogens is 288 g/mol. The Morgan fingerprint density at radius 1 is 1.05 bits per heavy atom. The number of anilines is 1. The van der Waals surface area contributed by atoms with E-state index in [4.69, 9.17) is 0 Å². The highest BCUT2D eigenvalue weighted by Gasteiger charge is 2.12. The van der Waals surface area contributed by atoms with Gasteiger partial charge in [-0.2, -0.15) is 0 Å². The van der Waals surface area contributed by atoms with Gasteiger partial charge in [0.25, 0.3) is 0 Å². The fourth-order valence-corrected chi connectivity index (χ4v) is 2.98. The molecule has 7 heteroatoms. The van der Waals surface area contributed by atoms with Crippen molar-refractivity contribution in [1.82, 2.24) is 15.3 Å². The Kier molecular flexibility index (Phi) is 5.24. The monoisotopic (exact) mass is 306 g/mol. The second-order valence-electron chi connectivity index (χ2n) is 4.59. The molecular formula is C14H18N4O2S. The molecule has 112 valence electrons. The molecule has 2 aromatic rings. The van der Waals surface area contributed by atoms with Crippen molar-refractivity contribution in [2.24, 2.45) is 0 Å². The molecule has 6 nitrogen and oxygen atoms in total. The van der Waals surface area contributed by atoms with E-state index >= 15 is 0 Å². The van der Waals surface area contributed by atoms with Gasteiger partial charge < -0.3 is 5.32 Å². The highest BCUT2D eigenvalue weighted by molar-refractivity contribution is 7.91. The molecule has 0 aliphatic carbocycles. The first-order chi connectivity index (χ1) is 10.1. The summed E-state index contributed by atoms with van der Waals surface area (Å²) in [6.07, 6.45) is 4.19. The Morgan fingerprint density at radius 3 is 2.29 bits per heavy atom. The van der Waals surface area contributed by atoms with E-state index in [0.29, 0.717) is 5.69 Å². The number of nitrogens with zero attached hydrogens (tertiary/aromatic N) is 2. The van der Waals surface area contributed by atoms with Gasteiger partial charge in [0, 0.05) is 6.54 Å². The third-order valence-electron chi connectivity index (χ3n) is 2.79. The molecule has 1 heterocycles. The summed E-state index contributed by atoms with van der Waals surface area (Å²) in [5.74, 6) is -0.0800. The molecule has 0 atom stereocenters. The van der Waals surface area contributed by atoms with Gasteiger partial charge in [-0.1, -0.05) is 31.2 Å². The number of aromatic nitrogens is 2. The van der Waals surface area contributed by atoms with Crippen LogP contribution in [0.3, 0.4) is 0 Å². The van der Waals surface area contributed by atoms with Gasteiger partial charge >= 0.3 is 0 Å². The number of benzene rings is 1. The first kappa shape index (κ1) is 15.4. The molecule has 2 rings (SSSR count). The molecule has 0 spiro atoms. The van der Waals surface area contributed by atoms with Gasteiger partial charge in [-0.15, -0.1) is 0 Å². The van der Waals surface area contributed by atoms with Crippen molar-refractivity contribution in [1.29, 1.82) is 0 Å². The first-order valence-electron chi connectivity index (χ1n) is 6.63. The minimum atomic E-state index is -3.46. The van der Waals surface area contributed by atoms with Crippen molar-refractivity contribution < 1.29 is 8.42 Å². The molecule has 0 unspecified atom stereocenters. The molecule has 2 N–H and O–H groups in total. The quantitative estimate of drug-likeness (QED) is 0.810. The minimum Gasteiger partial charge on any atom is -0.313 e. The maximum absolute atomic E-state index is 12.0. The smallest absolute Gasteiger partial charge is 0.237 e. The van der Waals surface area contributed by atoms with Crippen LogP contribution in [0, 0.1) is 0 Å². The van der Waals surface area contributed by atoms with Gasteiger partial charge in [0.1, 0.15) is 6.33 Å². The molecule has 0 amide bonds. The maximum Gasteiger partial charge on any atom is 0.237 e. The van der Waals surface area contributed by atoms with Crippen LogP contribution in [0.1, 0.15) is 18.1 Å². The zero-order valence-corrected chi connectivity index (χ0v) is 12.6. The number of nitrogens with one attached hydrogen (secondary N) is 2. The molecule has 0 fully saturated rings. The summed E-state index contributed by atoms with van der Waals surface area (Å²) in [7, 11) is -3.46. The van der Waals surface area contributed by atoms with Crippen LogP contribution in [0.25, 0.3) is 0 Å². The molecule has 0 radical (unpaired) electrons. The molecule has 0 saturated carbocycles. The Bertz CT molecular complexity index is 657. The van der Waals surface area contributed by atoms with Crippen LogP contribution in [0.15, 0.2) is 43.0 Å². The van der Waals surface area contributed by atoms with Gasteiger partial charge in [-0.05, 0) is 17.7 Å². The van der Waals surface area contributed by atoms with E-state index in [1.165, 1.54) is 18.7 Å². The van der Waals surface area contributed by atoms with Crippen LogP contribution in [0.4, 0.5) is 5.69 Å². The molecule has 0 aliphatic rings.